The van der Waals surface area contributed by atoms with Crippen LogP contribution in [0.25, 0.3) is 21.9 Å². The van der Waals surface area contributed by atoms with E-state index in [1.54, 1.807) is 11.3 Å². The number of imidazole rings is 1. The highest BCUT2D eigenvalue weighted by Crippen LogP contribution is 2.32. The van der Waals surface area contributed by atoms with E-state index >= 15 is 0 Å². The van der Waals surface area contributed by atoms with Gasteiger partial charge in [-0.25, -0.2) is 9.97 Å². The monoisotopic (exact) mass is 318 g/mol. The molecule has 6 heteroatoms. The number of thiophene rings is 1. The van der Waals surface area contributed by atoms with Crippen LogP contribution in [0, 0.1) is 0 Å². The van der Waals surface area contributed by atoms with E-state index < -0.39 is 0 Å². The number of rotatable bonds is 3. The predicted molar refractivity (Wildman–Crippen MR) is 86.9 cm³/mol. The zero-order valence-corrected chi connectivity index (χ0v) is 13.0. The van der Waals surface area contributed by atoms with Crippen molar-refractivity contribution < 1.29 is 0 Å². The molecule has 4 heterocycles. The molecule has 1 aliphatic heterocycles. The van der Waals surface area contributed by atoms with Crippen LogP contribution in [0.2, 0.25) is 4.34 Å². The van der Waals surface area contributed by atoms with Gasteiger partial charge >= 0.3 is 0 Å². The van der Waals surface area contributed by atoms with E-state index in [4.69, 9.17) is 16.6 Å². The Morgan fingerprint density at radius 2 is 2.33 bits per heavy atom. The van der Waals surface area contributed by atoms with E-state index in [9.17, 15) is 0 Å². The molecule has 21 heavy (non-hydrogen) atoms. The van der Waals surface area contributed by atoms with Gasteiger partial charge in [-0.2, -0.15) is 0 Å². The van der Waals surface area contributed by atoms with Crippen molar-refractivity contribution in [1.82, 2.24) is 19.9 Å². The molecule has 1 saturated heterocycles. The van der Waals surface area contributed by atoms with Crippen LogP contribution in [0.3, 0.4) is 0 Å². The van der Waals surface area contributed by atoms with Gasteiger partial charge in [0.1, 0.15) is 5.52 Å². The fourth-order valence-corrected chi connectivity index (χ4v) is 3.93. The summed E-state index contributed by atoms with van der Waals surface area (Å²) in [6, 6.07) is 8.40. The van der Waals surface area contributed by atoms with Gasteiger partial charge in [0.2, 0.25) is 0 Å². The lowest BCUT2D eigenvalue weighted by molar-refractivity contribution is 0.518. The quantitative estimate of drug-likeness (QED) is 0.803. The van der Waals surface area contributed by atoms with E-state index in [2.05, 4.69) is 14.9 Å². The number of halogens is 1. The summed E-state index contributed by atoms with van der Waals surface area (Å²) in [7, 11) is 0. The first-order valence-electron chi connectivity index (χ1n) is 7.11. The maximum Gasteiger partial charge on any atom is 0.160 e. The largest absolute Gasteiger partial charge is 0.312 e. The van der Waals surface area contributed by atoms with Crippen LogP contribution in [-0.2, 0) is 6.54 Å². The van der Waals surface area contributed by atoms with Gasteiger partial charge in [0.25, 0.3) is 0 Å². The van der Waals surface area contributed by atoms with Gasteiger partial charge in [0.05, 0.1) is 9.21 Å². The van der Waals surface area contributed by atoms with E-state index in [1.165, 1.54) is 12.8 Å². The maximum atomic E-state index is 6.09. The minimum atomic E-state index is 0.499. The summed E-state index contributed by atoms with van der Waals surface area (Å²) in [5.41, 5.74) is 1.89. The molecule has 0 bridgehead atoms. The van der Waals surface area contributed by atoms with E-state index in [0.717, 1.165) is 39.3 Å². The Morgan fingerprint density at radius 1 is 1.38 bits per heavy atom. The van der Waals surface area contributed by atoms with Crippen LogP contribution in [-0.4, -0.2) is 27.1 Å². The van der Waals surface area contributed by atoms with Crippen molar-refractivity contribution in [2.24, 2.45) is 0 Å². The van der Waals surface area contributed by atoms with E-state index in [1.807, 2.05) is 30.5 Å². The minimum absolute atomic E-state index is 0.499. The Morgan fingerprint density at radius 3 is 3.10 bits per heavy atom. The Balaban J connectivity index is 1.84. The minimum Gasteiger partial charge on any atom is -0.312 e. The number of pyridine rings is 1. The number of aromatic nitrogens is 3. The van der Waals surface area contributed by atoms with Gasteiger partial charge in [-0.15, -0.1) is 11.3 Å². The lowest BCUT2D eigenvalue weighted by Gasteiger charge is -2.13. The number of fused-ring (bicyclic) bond motifs is 1. The number of nitrogens with zero attached hydrogens (tertiary/aromatic N) is 3. The summed E-state index contributed by atoms with van der Waals surface area (Å²) in [6.07, 6.45) is 4.27. The summed E-state index contributed by atoms with van der Waals surface area (Å²) in [5, 5.41) is 3.54. The molecule has 4 nitrogen and oxygen atoms in total. The van der Waals surface area contributed by atoms with Gasteiger partial charge in [0.15, 0.2) is 11.5 Å². The second-order valence-corrected chi connectivity index (χ2v) is 7.00. The van der Waals surface area contributed by atoms with Crippen molar-refractivity contribution in [3.63, 3.8) is 0 Å². The highest BCUT2D eigenvalue weighted by Gasteiger charge is 2.20. The second kappa shape index (κ2) is 5.40. The standard InChI is InChI=1S/C15H15ClN4S/c16-13-6-5-12(21-13)15-19-11-4-2-8-18-14(11)20(15)9-10-3-1-7-17-10/h2,4-6,8,10,17H,1,3,7,9H2. The lowest BCUT2D eigenvalue weighted by atomic mass is 10.2. The molecule has 1 aliphatic rings. The molecule has 0 aromatic carbocycles. The molecule has 3 aromatic heterocycles. The van der Waals surface area contributed by atoms with Crippen molar-refractivity contribution in [3.8, 4) is 10.7 Å². The second-order valence-electron chi connectivity index (χ2n) is 5.29. The molecule has 0 radical (unpaired) electrons. The molecule has 108 valence electrons. The average molecular weight is 319 g/mol. The fourth-order valence-electron chi connectivity index (χ4n) is 2.89. The smallest absolute Gasteiger partial charge is 0.160 e. The molecule has 1 atom stereocenters. The third-order valence-electron chi connectivity index (χ3n) is 3.86. The molecule has 1 N–H and O–H groups in total. The normalized spacial score (nSPS) is 18.6. The Hall–Kier alpha value is -1.43. The van der Waals surface area contributed by atoms with Crippen LogP contribution < -0.4 is 5.32 Å². The zero-order valence-electron chi connectivity index (χ0n) is 11.4. The SMILES string of the molecule is Clc1ccc(-c2nc3cccnc3n2CC2CCCN2)s1. The summed E-state index contributed by atoms with van der Waals surface area (Å²) in [5.74, 6) is 0.967. The molecular weight excluding hydrogens is 304 g/mol. The molecule has 0 saturated carbocycles. The topological polar surface area (TPSA) is 42.7 Å². The molecule has 3 aromatic rings. The van der Waals surface area contributed by atoms with Gasteiger partial charge in [-0.3, -0.25) is 0 Å². The number of nitrogens with one attached hydrogen (secondary N) is 1. The first kappa shape index (κ1) is 13.2. The van der Waals surface area contributed by atoms with Crippen LogP contribution in [0.15, 0.2) is 30.5 Å². The zero-order chi connectivity index (χ0) is 14.2. The first-order valence-corrected chi connectivity index (χ1v) is 8.31. The van der Waals surface area contributed by atoms with Crippen LogP contribution >= 0.6 is 22.9 Å². The average Bonchev–Trinajstić information content (AvgIpc) is 3.20. The molecule has 0 aliphatic carbocycles. The van der Waals surface area contributed by atoms with Crippen LogP contribution in [0.5, 0.6) is 0 Å². The van der Waals surface area contributed by atoms with Crippen molar-refractivity contribution in [2.45, 2.75) is 25.4 Å². The molecule has 1 unspecified atom stereocenters. The summed E-state index contributed by atoms with van der Waals surface area (Å²) >= 11 is 7.65. The van der Waals surface area contributed by atoms with Crippen molar-refractivity contribution in [3.05, 3.63) is 34.8 Å². The van der Waals surface area contributed by atoms with Gasteiger partial charge < -0.3 is 9.88 Å². The third-order valence-corrected chi connectivity index (χ3v) is 5.09. The van der Waals surface area contributed by atoms with E-state index in [-0.39, 0.29) is 0 Å². The fraction of sp³-hybridized carbons (Fsp3) is 0.333. The number of hydrogen-bond donors (Lipinski definition) is 1. The van der Waals surface area contributed by atoms with Crippen LogP contribution in [0.1, 0.15) is 12.8 Å². The molecule has 4 rings (SSSR count). The van der Waals surface area contributed by atoms with Crippen LogP contribution in [0.4, 0.5) is 0 Å². The number of hydrogen-bond acceptors (Lipinski definition) is 4. The Labute approximate surface area is 131 Å². The first-order chi connectivity index (χ1) is 10.3. The summed E-state index contributed by atoms with van der Waals surface area (Å²) < 4.78 is 3.01. The highest BCUT2D eigenvalue weighted by atomic mass is 35.5. The van der Waals surface area contributed by atoms with Crippen molar-refractivity contribution in [2.75, 3.05) is 6.54 Å². The van der Waals surface area contributed by atoms with Gasteiger partial charge in [-0.05, 0) is 43.7 Å². The Bertz CT molecular complexity index is 773. The molecule has 0 amide bonds. The maximum absolute atomic E-state index is 6.09. The van der Waals surface area contributed by atoms with Crippen molar-refractivity contribution >= 4 is 34.1 Å². The van der Waals surface area contributed by atoms with Crippen molar-refractivity contribution in [1.29, 1.82) is 0 Å². The summed E-state index contributed by atoms with van der Waals surface area (Å²) in [6.45, 7) is 2.00. The molecule has 1 fully saturated rings. The highest BCUT2D eigenvalue weighted by molar-refractivity contribution is 7.19. The van der Waals surface area contributed by atoms with E-state index in [0.29, 0.717) is 6.04 Å². The third kappa shape index (κ3) is 2.46. The Kier molecular flexibility index (Phi) is 3.41. The van der Waals surface area contributed by atoms with Gasteiger partial charge in [0, 0.05) is 18.8 Å². The lowest BCUT2D eigenvalue weighted by Crippen LogP contribution is -2.27. The predicted octanol–water partition coefficient (Wildman–Crippen LogP) is 3.57. The summed E-state index contributed by atoms with van der Waals surface area (Å²) in [4.78, 5) is 10.4. The molecule has 0 spiro atoms. The molecular formula is C15H15ClN4S. The van der Waals surface area contributed by atoms with Gasteiger partial charge in [-0.1, -0.05) is 11.6 Å².